The van der Waals surface area contributed by atoms with Crippen molar-refractivity contribution < 1.29 is 33.4 Å². The highest BCUT2D eigenvalue weighted by molar-refractivity contribution is 5.92. The first-order valence-electron chi connectivity index (χ1n) is 23.1. The number of allylic oxidation sites excluding steroid dienone is 1. The quantitative estimate of drug-likeness (QED) is 0.0415. The summed E-state index contributed by atoms with van der Waals surface area (Å²) in [4.78, 5) is 60.4. The zero-order chi connectivity index (χ0) is 46.7. The molecular weight excluding hydrogens is 831 g/mol. The molecule has 1 aromatic heterocycles. The molecule has 2 unspecified atom stereocenters. The van der Waals surface area contributed by atoms with Gasteiger partial charge in [-0.15, -0.1) is 0 Å². The molecule has 0 fully saturated rings. The summed E-state index contributed by atoms with van der Waals surface area (Å²) in [7, 11) is 3.74. The smallest absolute Gasteiger partial charge is 0.417 e. The lowest BCUT2D eigenvalue weighted by Gasteiger charge is -2.24. The van der Waals surface area contributed by atoms with Gasteiger partial charge in [0.1, 0.15) is 25.2 Å². The maximum absolute atomic E-state index is 14.0. The van der Waals surface area contributed by atoms with Crippen LogP contribution in [0.25, 0.3) is 27.7 Å². The first-order chi connectivity index (χ1) is 32.1. The van der Waals surface area contributed by atoms with Crippen molar-refractivity contribution in [3.05, 3.63) is 142 Å². The van der Waals surface area contributed by atoms with Crippen molar-refractivity contribution in [1.29, 1.82) is 0 Å². The second kappa shape index (κ2) is 21.9. The molecule has 8 rings (SSSR count). The van der Waals surface area contributed by atoms with Crippen molar-refractivity contribution in [1.82, 2.24) is 14.8 Å². The van der Waals surface area contributed by atoms with E-state index >= 15 is 0 Å². The minimum absolute atomic E-state index is 0.0329. The standard InChI is InChI=1S/C48H46N4O7.C6H15N/c1-5-34-41-21-33(17-19-44(41)49-46-42(34)24-51(4)45(46)22-39-31(25-53)26-57-47(55)35(39)6-2)59-29-52(32-12-8-7-9-13-32)48(56)58-27-43-37-15-11-10-14-36(37)38-18-16-30(20-40(38)43)23-50(3)28-54;1-2-3-4-5-6-7/h7-22,25,28,35,43H,5-6,23-24,26-27,29H2,1-4H3;2-7H2,1H3/b45-22-;. The zero-order valence-electron chi connectivity index (χ0n) is 38.8. The Morgan fingerprint density at radius 3 is 2.42 bits per heavy atom. The molecule has 0 saturated carbocycles. The van der Waals surface area contributed by atoms with Gasteiger partial charge in [-0.05, 0) is 101 Å². The molecule has 12 nitrogen and oxygen atoms in total. The number of nitrogens with two attached hydrogens (primary N) is 1. The first kappa shape index (κ1) is 47.2. The van der Waals surface area contributed by atoms with Crippen molar-refractivity contribution in [2.24, 2.45) is 11.7 Å². The predicted molar refractivity (Wildman–Crippen MR) is 259 cm³/mol. The van der Waals surface area contributed by atoms with Crippen molar-refractivity contribution in [2.75, 3.05) is 45.5 Å². The predicted octanol–water partition coefficient (Wildman–Crippen LogP) is 9.57. The molecule has 3 heterocycles. The number of anilines is 1. The molecule has 2 aliphatic heterocycles. The largest absolute Gasteiger partial charge is 0.473 e. The molecule has 0 radical (unpaired) electrons. The van der Waals surface area contributed by atoms with Crippen LogP contribution in [0.2, 0.25) is 0 Å². The monoisotopic (exact) mass is 891 g/mol. The fourth-order valence-corrected chi connectivity index (χ4v) is 9.16. The van der Waals surface area contributed by atoms with Crippen LogP contribution < -0.4 is 15.4 Å². The van der Waals surface area contributed by atoms with Crippen LogP contribution in [0, 0.1) is 5.92 Å². The molecule has 12 heteroatoms. The molecule has 0 bridgehead atoms. The number of fused-ring (bicyclic) bond motifs is 5. The number of para-hydroxylation sites is 1. The Morgan fingerprint density at radius 2 is 1.70 bits per heavy atom. The number of ether oxygens (including phenoxy) is 3. The van der Waals surface area contributed by atoms with Gasteiger partial charge < -0.3 is 29.7 Å². The molecule has 66 heavy (non-hydrogen) atoms. The Morgan fingerprint density at radius 1 is 0.924 bits per heavy atom. The summed E-state index contributed by atoms with van der Waals surface area (Å²) in [6.45, 7) is 8.17. The Bertz CT molecular complexity index is 2620. The van der Waals surface area contributed by atoms with Crippen LogP contribution >= 0.6 is 0 Å². The zero-order valence-corrected chi connectivity index (χ0v) is 38.8. The van der Waals surface area contributed by atoms with Crippen LogP contribution in [0.4, 0.5) is 10.5 Å². The number of carbonyl (C=O) groups is 4. The highest BCUT2D eigenvalue weighted by atomic mass is 16.6. The minimum Gasteiger partial charge on any atom is -0.473 e. The number of nitrogens with zero attached hydrogens (tertiary/aromatic N) is 4. The van der Waals surface area contributed by atoms with E-state index in [1.807, 2.05) is 86.8 Å². The van der Waals surface area contributed by atoms with Crippen molar-refractivity contribution >= 4 is 47.0 Å². The molecule has 4 aromatic carbocycles. The topological polar surface area (TPSA) is 145 Å². The van der Waals surface area contributed by atoms with E-state index in [4.69, 9.17) is 24.9 Å². The molecule has 1 aliphatic carbocycles. The Labute approximate surface area is 388 Å². The molecule has 2 amide bonds. The maximum atomic E-state index is 14.0. The van der Waals surface area contributed by atoms with Gasteiger partial charge in [0.2, 0.25) is 6.41 Å². The number of hydrogen-bond donors (Lipinski definition) is 1. The van der Waals surface area contributed by atoms with Gasteiger partial charge in [0.05, 0.1) is 28.5 Å². The number of aromatic nitrogens is 1. The number of aldehydes is 1. The number of pyridine rings is 1. The molecule has 2 atom stereocenters. The van der Waals surface area contributed by atoms with E-state index in [1.54, 1.807) is 11.9 Å². The number of amides is 2. The molecule has 2 N–H and O–H groups in total. The van der Waals surface area contributed by atoms with Gasteiger partial charge in [-0.2, -0.15) is 0 Å². The van der Waals surface area contributed by atoms with Gasteiger partial charge in [-0.3, -0.25) is 14.4 Å². The molecule has 5 aromatic rings. The van der Waals surface area contributed by atoms with Crippen LogP contribution in [0.3, 0.4) is 0 Å². The average molecular weight is 892 g/mol. The van der Waals surface area contributed by atoms with E-state index in [2.05, 4.69) is 43.0 Å². The summed E-state index contributed by atoms with van der Waals surface area (Å²) in [5.74, 6) is -0.445. The number of cyclic esters (lactones) is 1. The first-order valence-corrected chi connectivity index (χ1v) is 23.1. The molecule has 0 spiro atoms. The number of benzene rings is 4. The van der Waals surface area contributed by atoms with E-state index in [1.165, 1.54) is 30.6 Å². The number of esters is 1. The third-order valence-corrected chi connectivity index (χ3v) is 12.6. The van der Waals surface area contributed by atoms with Crippen molar-refractivity contribution in [3.63, 3.8) is 0 Å². The van der Waals surface area contributed by atoms with Crippen LogP contribution in [-0.2, 0) is 43.4 Å². The number of aryl methyl sites for hydroxylation is 1. The van der Waals surface area contributed by atoms with Crippen LogP contribution in [0.5, 0.6) is 5.75 Å². The van der Waals surface area contributed by atoms with E-state index in [-0.39, 0.29) is 31.8 Å². The third-order valence-electron chi connectivity index (χ3n) is 12.6. The molecule has 0 saturated heterocycles. The summed E-state index contributed by atoms with van der Waals surface area (Å²) < 4.78 is 17.8. The van der Waals surface area contributed by atoms with Crippen LogP contribution in [0.1, 0.15) is 92.3 Å². The van der Waals surface area contributed by atoms with Gasteiger partial charge in [0.15, 0.2) is 6.73 Å². The maximum Gasteiger partial charge on any atom is 0.417 e. The van der Waals surface area contributed by atoms with Gasteiger partial charge in [0, 0.05) is 49.6 Å². The van der Waals surface area contributed by atoms with E-state index < -0.39 is 12.0 Å². The van der Waals surface area contributed by atoms with Crippen LogP contribution in [0.15, 0.2) is 108 Å². The molecule has 3 aliphatic rings. The average Bonchev–Trinajstić information content (AvgIpc) is 3.82. The third kappa shape index (κ3) is 10.2. The van der Waals surface area contributed by atoms with Gasteiger partial charge >= 0.3 is 12.1 Å². The highest BCUT2D eigenvalue weighted by Gasteiger charge is 2.34. The Kier molecular flexibility index (Phi) is 15.7. The van der Waals surface area contributed by atoms with Gasteiger partial charge in [-0.25, -0.2) is 14.7 Å². The summed E-state index contributed by atoms with van der Waals surface area (Å²) in [6.07, 6.45) is 9.41. The summed E-state index contributed by atoms with van der Waals surface area (Å²) in [5, 5.41) is 0.949. The van der Waals surface area contributed by atoms with Gasteiger partial charge in [0.25, 0.3) is 0 Å². The highest BCUT2D eigenvalue weighted by Crippen LogP contribution is 2.45. The summed E-state index contributed by atoms with van der Waals surface area (Å²) >= 11 is 0. The second-order valence-corrected chi connectivity index (χ2v) is 17.0. The lowest BCUT2D eigenvalue weighted by atomic mass is 9.89. The van der Waals surface area contributed by atoms with Crippen molar-refractivity contribution in [2.45, 2.75) is 78.3 Å². The van der Waals surface area contributed by atoms with Crippen molar-refractivity contribution in [3.8, 4) is 16.9 Å². The number of rotatable bonds is 17. The Balaban J connectivity index is 0.000000858. The minimum atomic E-state index is -0.541. The second-order valence-electron chi connectivity index (χ2n) is 17.0. The number of unbranched alkanes of at least 4 members (excludes halogenated alkanes) is 3. The summed E-state index contributed by atoms with van der Waals surface area (Å²) in [6, 6.07) is 29.4. The van der Waals surface area contributed by atoms with E-state index in [9.17, 15) is 19.2 Å². The summed E-state index contributed by atoms with van der Waals surface area (Å²) in [5.41, 5.74) is 17.1. The van der Waals surface area contributed by atoms with E-state index in [0.717, 1.165) is 86.9 Å². The SMILES string of the molecule is CCCCCCN.CCc1c2c(nc3ccc(OCN(C(=O)OCC4c5ccccc5-c5ccc(CN(C)C=O)cc54)c4ccccc4)cc13)/C(=C/C1=C(C=O)COC(=O)C1CC)N(C)C2. The molecule has 344 valence electrons. The van der Waals surface area contributed by atoms with E-state index in [0.29, 0.717) is 42.1 Å². The Hall–Kier alpha value is -6.79. The number of hydrogen-bond acceptors (Lipinski definition) is 10. The lowest BCUT2D eigenvalue weighted by Crippen LogP contribution is -2.35. The van der Waals surface area contributed by atoms with Gasteiger partial charge in [-0.1, -0.05) is 101 Å². The fraction of sp³-hybridized carbons (Fsp3) is 0.352. The van der Waals surface area contributed by atoms with Crippen LogP contribution in [-0.4, -0.2) is 80.1 Å². The fourth-order valence-electron chi connectivity index (χ4n) is 9.16. The normalized spacial score (nSPS) is 16.5. The molecular formula is C54H61N5O7. The lowest BCUT2D eigenvalue weighted by molar-refractivity contribution is -0.147. The number of carbonyl (C=O) groups excluding carboxylic acids is 4.